The molecule has 1 aromatic rings. The van der Waals surface area contributed by atoms with Crippen molar-refractivity contribution in [1.82, 2.24) is 10.2 Å². The zero-order valence-corrected chi connectivity index (χ0v) is 15.6. The van der Waals surface area contributed by atoms with E-state index in [0.717, 1.165) is 33.6 Å². The second-order valence-corrected chi connectivity index (χ2v) is 7.64. The minimum atomic E-state index is 0. The third-order valence-corrected chi connectivity index (χ3v) is 6.37. The van der Waals surface area contributed by atoms with Gasteiger partial charge >= 0.3 is 0 Å². The molecule has 2 nitrogen and oxygen atoms in total. The molecular weight excluding hydrogens is 403 g/mol. The number of nitrogens with zero attached hydrogens (tertiary/aromatic N) is 1. The van der Waals surface area contributed by atoms with E-state index in [1.54, 1.807) is 0 Å². The standard InChI is InChI=1S/C15H20Br2N2.ClH/c1-19(9-10-2-5-14(16)15(17)6-10)13-7-11-3-4-12(8-13)18-11;/h2,5-6,11-13,18H,3-4,7-9H2,1H3;1H. The van der Waals surface area contributed by atoms with E-state index < -0.39 is 0 Å². The van der Waals surface area contributed by atoms with Crippen LogP contribution < -0.4 is 5.32 Å². The average Bonchev–Trinajstić information content (AvgIpc) is 2.72. The van der Waals surface area contributed by atoms with Crippen LogP contribution in [0.5, 0.6) is 0 Å². The Morgan fingerprint density at radius 3 is 2.40 bits per heavy atom. The van der Waals surface area contributed by atoms with E-state index in [0.29, 0.717) is 0 Å². The molecule has 5 heteroatoms. The number of rotatable bonds is 3. The molecule has 0 saturated carbocycles. The molecule has 0 radical (unpaired) electrons. The van der Waals surface area contributed by atoms with Crippen LogP contribution in [-0.2, 0) is 6.54 Å². The van der Waals surface area contributed by atoms with Crippen LogP contribution in [-0.4, -0.2) is 30.1 Å². The Morgan fingerprint density at radius 2 is 1.80 bits per heavy atom. The highest BCUT2D eigenvalue weighted by Crippen LogP contribution is 2.30. The number of nitrogens with one attached hydrogen (secondary N) is 1. The fourth-order valence-corrected chi connectivity index (χ4v) is 4.12. The number of hydrogen-bond donors (Lipinski definition) is 1. The lowest BCUT2D eigenvalue weighted by Gasteiger charge is -2.35. The smallest absolute Gasteiger partial charge is 0.0320 e. The molecule has 2 atom stereocenters. The summed E-state index contributed by atoms with van der Waals surface area (Å²) in [6, 6.07) is 8.82. The molecule has 2 heterocycles. The van der Waals surface area contributed by atoms with Gasteiger partial charge in [-0.2, -0.15) is 0 Å². The SMILES string of the molecule is CN(Cc1ccc(Br)c(Br)c1)C1CC2CCC(C1)N2.Cl. The summed E-state index contributed by atoms with van der Waals surface area (Å²) in [5.41, 5.74) is 1.38. The van der Waals surface area contributed by atoms with Crippen molar-refractivity contribution in [3.05, 3.63) is 32.7 Å². The van der Waals surface area contributed by atoms with E-state index in [2.05, 4.69) is 67.3 Å². The highest BCUT2D eigenvalue weighted by Gasteiger charge is 2.34. The zero-order valence-electron chi connectivity index (χ0n) is 11.6. The van der Waals surface area contributed by atoms with Crippen molar-refractivity contribution in [1.29, 1.82) is 0 Å². The first-order valence-electron chi connectivity index (χ1n) is 7.02. The van der Waals surface area contributed by atoms with Crippen LogP contribution in [0.3, 0.4) is 0 Å². The van der Waals surface area contributed by atoms with Crippen LogP contribution in [0, 0.1) is 0 Å². The lowest BCUT2D eigenvalue weighted by Crippen LogP contribution is -2.46. The third-order valence-electron chi connectivity index (χ3n) is 4.49. The second-order valence-electron chi connectivity index (χ2n) is 5.93. The van der Waals surface area contributed by atoms with Crippen molar-refractivity contribution in [3.8, 4) is 0 Å². The summed E-state index contributed by atoms with van der Waals surface area (Å²) in [6.45, 7) is 1.04. The molecule has 0 aromatic heterocycles. The van der Waals surface area contributed by atoms with Crippen molar-refractivity contribution < 1.29 is 0 Å². The van der Waals surface area contributed by atoms with Crippen LogP contribution in [0.1, 0.15) is 31.2 Å². The van der Waals surface area contributed by atoms with Gasteiger partial charge in [-0.25, -0.2) is 0 Å². The fraction of sp³-hybridized carbons (Fsp3) is 0.600. The highest BCUT2D eigenvalue weighted by molar-refractivity contribution is 9.13. The van der Waals surface area contributed by atoms with Gasteiger partial charge in [0, 0.05) is 33.6 Å². The first kappa shape index (κ1) is 16.8. The average molecular weight is 425 g/mol. The Hall–Kier alpha value is 0.390. The molecule has 2 fully saturated rings. The van der Waals surface area contributed by atoms with Gasteiger partial charge in [-0.05, 0) is 82.3 Å². The summed E-state index contributed by atoms with van der Waals surface area (Å²) in [4.78, 5) is 2.53. The zero-order chi connectivity index (χ0) is 13.4. The number of piperidine rings is 1. The number of halogens is 3. The maximum Gasteiger partial charge on any atom is 0.0320 e. The Labute approximate surface area is 144 Å². The highest BCUT2D eigenvalue weighted by atomic mass is 79.9. The van der Waals surface area contributed by atoms with Crippen molar-refractivity contribution in [3.63, 3.8) is 0 Å². The molecule has 0 aliphatic carbocycles. The summed E-state index contributed by atoms with van der Waals surface area (Å²) in [5, 5.41) is 3.72. The Morgan fingerprint density at radius 1 is 1.15 bits per heavy atom. The molecule has 1 aromatic carbocycles. The van der Waals surface area contributed by atoms with E-state index >= 15 is 0 Å². The largest absolute Gasteiger partial charge is 0.311 e. The van der Waals surface area contributed by atoms with E-state index in [1.807, 2.05) is 0 Å². The molecule has 2 saturated heterocycles. The van der Waals surface area contributed by atoms with Gasteiger partial charge < -0.3 is 5.32 Å². The molecule has 2 aliphatic rings. The Kier molecular flexibility index (Phi) is 5.95. The first-order valence-corrected chi connectivity index (χ1v) is 8.60. The third kappa shape index (κ3) is 3.77. The van der Waals surface area contributed by atoms with Crippen molar-refractivity contribution in [2.45, 2.75) is 50.4 Å². The van der Waals surface area contributed by atoms with E-state index in [1.165, 1.54) is 31.2 Å². The Bertz CT molecular complexity index is 457. The maximum atomic E-state index is 3.72. The minimum Gasteiger partial charge on any atom is -0.311 e. The normalized spacial score (nSPS) is 28.5. The minimum absolute atomic E-state index is 0. The molecule has 2 unspecified atom stereocenters. The molecule has 2 aliphatic heterocycles. The molecule has 3 rings (SSSR count). The fourth-order valence-electron chi connectivity index (χ4n) is 3.44. The molecule has 20 heavy (non-hydrogen) atoms. The maximum absolute atomic E-state index is 3.72. The lowest BCUT2D eigenvalue weighted by molar-refractivity contribution is 0.166. The topological polar surface area (TPSA) is 15.3 Å². The van der Waals surface area contributed by atoms with Gasteiger partial charge in [0.15, 0.2) is 0 Å². The number of hydrogen-bond acceptors (Lipinski definition) is 2. The van der Waals surface area contributed by atoms with Gasteiger partial charge in [0.2, 0.25) is 0 Å². The lowest BCUT2D eigenvalue weighted by atomic mass is 9.98. The summed E-state index contributed by atoms with van der Waals surface area (Å²) in [5.74, 6) is 0. The van der Waals surface area contributed by atoms with Crippen LogP contribution in [0.2, 0.25) is 0 Å². The van der Waals surface area contributed by atoms with Gasteiger partial charge in [0.05, 0.1) is 0 Å². The quantitative estimate of drug-likeness (QED) is 0.776. The molecule has 0 spiro atoms. The first-order chi connectivity index (χ1) is 9.11. The monoisotopic (exact) mass is 422 g/mol. The van der Waals surface area contributed by atoms with E-state index in [-0.39, 0.29) is 12.4 Å². The number of benzene rings is 1. The molecule has 112 valence electrons. The predicted molar refractivity (Wildman–Crippen MR) is 93.5 cm³/mol. The molecule has 2 bridgehead atoms. The Balaban J connectivity index is 0.00000147. The van der Waals surface area contributed by atoms with Crippen LogP contribution in [0.15, 0.2) is 27.1 Å². The van der Waals surface area contributed by atoms with Crippen molar-refractivity contribution >= 4 is 44.3 Å². The van der Waals surface area contributed by atoms with Crippen molar-refractivity contribution in [2.24, 2.45) is 0 Å². The van der Waals surface area contributed by atoms with Gasteiger partial charge in [0.25, 0.3) is 0 Å². The van der Waals surface area contributed by atoms with Gasteiger partial charge in [-0.3, -0.25) is 4.90 Å². The number of fused-ring (bicyclic) bond motifs is 2. The van der Waals surface area contributed by atoms with Crippen LogP contribution in [0.4, 0.5) is 0 Å². The van der Waals surface area contributed by atoms with Gasteiger partial charge in [-0.1, -0.05) is 6.07 Å². The van der Waals surface area contributed by atoms with E-state index in [9.17, 15) is 0 Å². The van der Waals surface area contributed by atoms with Gasteiger partial charge in [-0.15, -0.1) is 12.4 Å². The van der Waals surface area contributed by atoms with Crippen LogP contribution >= 0.6 is 44.3 Å². The van der Waals surface area contributed by atoms with Crippen LogP contribution in [0.25, 0.3) is 0 Å². The van der Waals surface area contributed by atoms with E-state index in [4.69, 9.17) is 0 Å². The summed E-state index contributed by atoms with van der Waals surface area (Å²) >= 11 is 7.11. The summed E-state index contributed by atoms with van der Waals surface area (Å²) in [7, 11) is 2.27. The summed E-state index contributed by atoms with van der Waals surface area (Å²) < 4.78 is 2.27. The molecular formula is C15H21Br2ClN2. The predicted octanol–water partition coefficient (Wildman–Crippen LogP) is 4.35. The molecule has 0 amide bonds. The second kappa shape index (κ2) is 7.10. The summed E-state index contributed by atoms with van der Waals surface area (Å²) in [6.07, 6.45) is 5.37. The van der Waals surface area contributed by atoms with Crippen molar-refractivity contribution in [2.75, 3.05) is 7.05 Å². The van der Waals surface area contributed by atoms with Gasteiger partial charge in [0.1, 0.15) is 0 Å². The molecule has 1 N–H and O–H groups in total.